The third-order valence-corrected chi connectivity index (χ3v) is 5.91. The van der Waals surface area contributed by atoms with Gasteiger partial charge in [0.05, 0.1) is 17.2 Å². The van der Waals surface area contributed by atoms with Gasteiger partial charge in [-0.3, -0.25) is 9.79 Å². The minimum absolute atomic E-state index is 0.134. The summed E-state index contributed by atoms with van der Waals surface area (Å²) in [6.45, 7) is 6.05. The minimum atomic E-state index is -0.234. The smallest absolute Gasteiger partial charge is 0.224 e. The Morgan fingerprint density at radius 1 is 1.27 bits per heavy atom. The lowest BCUT2D eigenvalue weighted by Gasteiger charge is -2.36. The van der Waals surface area contributed by atoms with E-state index in [0.29, 0.717) is 32.6 Å². The Hall–Kier alpha value is -2.68. The normalized spacial score (nSPS) is 14.7. The van der Waals surface area contributed by atoms with Gasteiger partial charge in [0.15, 0.2) is 5.96 Å². The molecule has 9 heteroatoms. The van der Waals surface area contributed by atoms with Crippen molar-refractivity contribution in [3.05, 3.63) is 46.2 Å². The number of nitrogens with zero attached hydrogens (tertiary/aromatic N) is 5. The summed E-state index contributed by atoms with van der Waals surface area (Å²) in [4.78, 5) is 27.4. The second-order valence-electron chi connectivity index (χ2n) is 7.28. The highest BCUT2D eigenvalue weighted by atomic mass is 32.1. The number of amides is 1. The van der Waals surface area contributed by atoms with E-state index in [-0.39, 0.29) is 11.7 Å². The highest BCUT2D eigenvalue weighted by Gasteiger charge is 2.21. The lowest BCUT2D eigenvalue weighted by atomic mass is 10.2. The van der Waals surface area contributed by atoms with E-state index in [1.807, 2.05) is 29.2 Å². The quantitative estimate of drug-likeness (QED) is 0.561. The number of halogens is 1. The van der Waals surface area contributed by atoms with Crippen molar-refractivity contribution >= 4 is 28.9 Å². The molecule has 0 aliphatic carbocycles. The van der Waals surface area contributed by atoms with Crippen LogP contribution in [0.15, 0.2) is 34.6 Å². The highest BCUT2D eigenvalue weighted by Crippen LogP contribution is 2.17. The predicted molar refractivity (Wildman–Crippen MR) is 119 cm³/mol. The van der Waals surface area contributed by atoms with Crippen LogP contribution in [-0.2, 0) is 11.3 Å². The number of nitrogens with one attached hydrogen (secondary N) is 1. The summed E-state index contributed by atoms with van der Waals surface area (Å²) in [5.74, 6) is 0.645. The molecule has 2 heterocycles. The van der Waals surface area contributed by atoms with Crippen molar-refractivity contribution in [2.24, 2.45) is 4.99 Å². The molecule has 0 unspecified atom stereocenters. The van der Waals surface area contributed by atoms with Crippen LogP contribution in [0.1, 0.15) is 17.1 Å². The average molecular weight is 433 g/mol. The van der Waals surface area contributed by atoms with Gasteiger partial charge in [0.2, 0.25) is 5.91 Å². The zero-order valence-electron chi connectivity index (χ0n) is 17.8. The van der Waals surface area contributed by atoms with Crippen molar-refractivity contribution in [3.63, 3.8) is 0 Å². The Morgan fingerprint density at radius 2 is 1.97 bits per heavy atom. The van der Waals surface area contributed by atoms with Crippen molar-refractivity contribution < 1.29 is 9.18 Å². The number of hydrogen-bond acceptors (Lipinski definition) is 5. The van der Waals surface area contributed by atoms with Crippen molar-refractivity contribution in [2.45, 2.75) is 19.9 Å². The number of benzene rings is 1. The van der Waals surface area contributed by atoms with E-state index in [1.54, 1.807) is 30.5 Å². The second kappa shape index (κ2) is 10.4. The van der Waals surface area contributed by atoms with Crippen LogP contribution < -0.4 is 10.2 Å². The molecule has 1 aromatic carbocycles. The van der Waals surface area contributed by atoms with Gasteiger partial charge in [0, 0.05) is 64.3 Å². The van der Waals surface area contributed by atoms with Crippen LogP contribution in [0.3, 0.4) is 0 Å². The van der Waals surface area contributed by atoms with Gasteiger partial charge in [-0.2, -0.15) is 0 Å². The molecule has 1 N–H and O–H groups in total. The maximum Gasteiger partial charge on any atom is 0.224 e. The molecule has 1 aromatic heterocycles. The standard InChI is InChI=1S/C21H29FN6OS/c1-16-25-18(15-30-16)14-26(3)21(23-2)24-9-8-20(29)28-12-10-27(11-13-28)19-6-4-17(22)5-7-19/h4-7,15H,8-14H2,1-3H3,(H,23,24). The van der Waals surface area contributed by atoms with E-state index in [2.05, 4.69) is 20.2 Å². The van der Waals surface area contributed by atoms with E-state index >= 15 is 0 Å². The number of guanidine groups is 1. The molecule has 1 saturated heterocycles. The number of carbonyl (C=O) groups is 1. The van der Waals surface area contributed by atoms with E-state index < -0.39 is 0 Å². The van der Waals surface area contributed by atoms with Crippen molar-refractivity contribution in [2.75, 3.05) is 51.7 Å². The Labute approximate surface area is 181 Å². The zero-order valence-corrected chi connectivity index (χ0v) is 18.6. The molecule has 1 fully saturated rings. The number of anilines is 1. The first kappa shape index (κ1) is 22.0. The van der Waals surface area contributed by atoms with E-state index in [0.717, 1.165) is 35.4 Å². The SMILES string of the molecule is CN=C(NCCC(=O)N1CCN(c2ccc(F)cc2)CC1)N(C)Cc1csc(C)n1. The molecule has 2 aromatic rings. The first-order chi connectivity index (χ1) is 14.5. The summed E-state index contributed by atoms with van der Waals surface area (Å²) in [6.07, 6.45) is 0.416. The number of carbonyl (C=O) groups excluding carboxylic acids is 1. The van der Waals surface area contributed by atoms with Crippen LogP contribution in [0.5, 0.6) is 0 Å². The van der Waals surface area contributed by atoms with Gasteiger partial charge in [-0.05, 0) is 31.2 Å². The third-order valence-electron chi connectivity index (χ3n) is 5.09. The number of rotatable bonds is 6. The first-order valence-electron chi connectivity index (χ1n) is 10.1. The molecule has 162 valence electrons. The van der Waals surface area contributed by atoms with Crippen LogP contribution in [0.4, 0.5) is 10.1 Å². The number of thiazole rings is 1. The Bertz CT molecular complexity index is 861. The van der Waals surface area contributed by atoms with Crippen molar-refractivity contribution in [3.8, 4) is 0 Å². The molecule has 30 heavy (non-hydrogen) atoms. The molecule has 3 rings (SSSR count). The van der Waals surface area contributed by atoms with Crippen LogP contribution >= 0.6 is 11.3 Å². The summed E-state index contributed by atoms with van der Waals surface area (Å²) in [6, 6.07) is 6.51. The molecular formula is C21H29FN6OS. The van der Waals surface area contributed by atoms with E-state index in [9.17, 15) is 9.18 Å². The molecule has 1 aliphatic heterocycles. The molecule has 0 saturated carbocycles. The molecule has 0 spiro atoms. The van der Waals surface area contributed by atoms with Crippen molar-refractivity contribution in [1.29, 1.82) is 0 Å². The maximum absolute atomic E-state index is 13.1. The monoisotopic (exact) mass is 432 g/mol. The van der Waals surface area contributed by atoms with Gasteiger partial charge < -0.3 is 20.0 Å². The number of aromatic nitrogens is 1. The summed E-state index contributed by atoms with van der Waals surface area (Å²) >= 11 is 1.63. The van der Waals surface area contributed by atoms with Gasteiger partial charge >= 0.3 is 0 Å². The summed E-state index contributed by atoms with van der Waals surface area (Å²) in [5, 5.41) is 6.36. The molecule has 0 bridgehead atoms. The molecule has 1 amide bonds. The number of hydrogen-bond donors (Lipinski definition) is 1. The fraction of sp³-hybridized carbons (Fsp3) is 0.476. The van der Waals surface area contributed by atoms with Crippen molar-refractivity contribution in [1.82, 2.24) is 20.1 Å². The highest BCUT2D eigenvalue weighted by molar-refractivity contribution is 7.09. The third kappa shape index (κ3) is 5.91. The molecule has 0 radical (unpaired) electrons. The average Bonchev–Trinajstić information content (AvgIpc) is 3.16. The second-order valence-corrected chi connectivity index (χ2v) is 8.34. The largest absolute Gasteiger partial charge is 0.368 e. The zero-order chi connectivity index (χ0) is 21.5. The fourth-order valence-electron chi connectivity index (χ4n) is 3.49. The molecular weight excluding hydrogens is 403 g/mol. The summed E-state index contributed by atoms with van der Waals surface area (Å²) < 4.78 is 13.1. The van der Waals surface area contributed by atoms with Crippen LogP contribution in [-0.4, -0.2) is 73.5 Å². The Kier molecular flexibility index (Phi) is 7.62. The van der Waals surface area contributed by atoms with Gasteiger partial charge in [0.1, 0.15) is 5.82 Å². The topological polar surface area (TPSA) is 64.1 Å². The molecule has 7 nitrogen and oxygen atoms in total. The Morgan fingerprint density at radius 3 is 2.57 bits per heavy atom. The van der Waals surface area contributed by atoms with E-state index in [4.69, 9.17) is 0 Å². The van der Waals surface area contributed by atoms with Gasteiger partial charge in [-0.25, -0.2) is 9.37 Å². The number of piperazine rings is 1. The predicted octanol–water partition coefficient (Wildman–Crippen LogP) is 2.34. The van der Waals surface area contributed by atoms with Crippen LogP contribution in [0, 0.1) is 12.7 Å². The lowest BCUT2D eigenvalue weighted by Crippen LogP contribution is -2.49. The first-order valence-corrected chi connectivity index (χ1v) is 11.0. The molecule has 0 atom stereocenters. The van der Waals surface area contributed by atoms with Gasteiger partial charge in [-0.1, -0.05) is 0 Å². The van der Waals surface area contributed by atoms with Crippen LogP contribution in [0.25, 0.3) is 0 Å². The maximum atomic E-state index is 13.1. The number of aliphatic imine (C=N–C) groups is 1. The van der Waals surface area contributed by atoms with Crippen LogP contribution in [0.2, 0.25) is 0 Å². The Balaban J connectivity index is 1.40. The van der Waals surface area contributed by atoms with Gasteiger partial charge in [0.25, 0.3) is 0 Å². The number of aryl methyl sites for hydroxylation is 1. The van der Waals surface area contributed by atoms with Gasteiger partial charge in [-0.15, -0.1) is 11.3 Å². The fourth-order valence-corrected chi connectivity index (χ4v) is 4.09. The summed E-state index contributed by atoms with van der Waals surface area (Å²) in [5.41, 5.74) is 2.00. The summed E-state index contributed by atoms with van der Waals surface area (Å²) in [7, 11) is 3.70. The minimum Gasteiger partial charge on any atom is -0.368 e. The van der Waals surface area contributed by atoms with E-state index in [1.165, 1.54) is 12.1 Å². The molecule has 1 aliphatic rings. The lowest BCUT2D eigenvalue weighted by molar-refractivity contribution is -0.131.